The maximum absolute atomic E-state index is 12.0. The minimum Gasteiger partial charge on any atom is -0.477 e. The minimum absolute atomic E-state index is 0.255. The van der Waals surface area contributed by atoms with Crippen molar-refractivity contribution in [3.05, 3.63) is 24.2 Å². The molecule has 0 aliphatic heterocycles. The molecule has 1 aliphatic rings. The van der Waals surface area contributed by atoms with Gasteiger partial charge in [0.1, 0.15) is 5.69 Å². The zero-order chi connectivity index (χ0) is 13.9. The first-order valence-electron chi connectivity index (χ1n) is 6.76. The molecular weight excluding hydrogens is 258 g/mol. The number of H-pyrrole nitrogens is 1. The van der Waals surface area contributed by atoms with Gasteiger partial charge in [0.05, 0.1) is 18.5 Å². The van der Waals surface area contributed by atoms with Gasteiger partial charge in [0.2, 0.25) is 5.88 Å². The van der Waals surface area contributed by atoms with Gasteiger partial charge in [0.25, 0.3) is 5.91 Å². The summed E-state index contributed by atoms with van der Waals surface area (Å²) in [6, 6.07) is 1.58. The fraction of sp³-hybridized carbons (Fsp3) is 0.462. The van der Waals surface area contributed by atoms with Crippen molar-refractivity contribution in [3.8, 4) is 5.88 Å². The van der Waals surface area contributed by atoms with Gasteiger partial charge in [-0.25, -0.2) is 0 Å². The van der Waals surface area contributed by atoms with Crippen LogP contribution in [0.2, 0.25) is 0 Å². The molecule has 0 radical (unpaired) electrons. The van der Waals surface area contributed by atoms with Crippen LogP contribution in [-0.2, 0) is 6.54 Å². The van der Waals surface area contributed by atoms with Gasteiger partial charge < -0.3 is 10.1 Å². The topological polar surface area (TPSA) is 84.8 Å². The molecule has 0 saturated heterocycles. The molecule has 1 aliphatic carbocycles. The highest BCUT2D eigenvalue weighted by Crippen LogP contribution is 2.30. The summed E-state index contributed by atoms with van der Waals surface area (Å²) in [4.78, 5) is 12.0. The number of aromatic amines is 1. The number of aromatic nitrogens is 4. The predicted octanol–water partition coefficient (Wildman–Crippen LogP) is 1.67. The van der Waals surface area contributed by atoms with E-state index in [1.807, 2.05) is 17.8 Å². The van der Waals surface area contributed by atoms with Crippen LogP contribution in [0.5, 0.6) is 5.88 Å². The van der Waals surface area contributed by atoms with E-state index in [4.69, 9.17) is 4.74 Å². The van der Waals surface area contributed by atoms with Crippen molar-refractivity contribution in [2.24, 2.45) is 5.92 Å². The van der Waals surface area contributed by atoms with Gasteiger partial charge in [-0.05, 0) is 25.7 Å². The average Bonchev–Trinajstić information content (AvgIpc) is 2.93. The van der Waals surface area contributed by atoms with Gasteiger partial charge in [-0.15, -0.1) is 5.10 Å². The lowest BCUT2D eigenvalue weighted by Crippen LogP contribution is -2.11. The number of nitrogens with zero attached hydrogens (tertiary/aromatic N) is 3. The quantitative estimate of drug-likeness (QED) is 0.839. The number of carbonyl (C=O) groups is 1. The molecule has 2 aromatic heterocycles. The van der Waals surface area contributed by atoms with Crippen LogP contribution >= 0.6 is 0 Å². The summed E-state index contributed by atoms with van der Waals surface area (Å²) < 4.78 is 7.07. The Bertz CT molecular complexity index is 599. The van der Waals surface area contributed by atoms with Crippen molar-refractivity contribution < 1.29 is 9.53 Å². The maximum atomic E-state index is 12.0. The molecule has 0 unspecified atom stereocenters. The number of rotatable bonds is 6. The number of hydrogen-bond donors (Lipinski definition) is 2. The second-order valence-electron chi connectivity index (χ2n) is 4.90. The van der Waals surface area contributed by atoms with E-state index in [1.165, 1.54) is 12.8 Å². The third-order valence-electron chi connectivity index (χ3n) is 3.12. The van der Waals surface area contributed by atoms with Crippen LogP contribution in [0.1, 0.15) is 30.3 Å². The molecule has 2 aromatic rings. The van der Waals surface area contributed by atoms with Gasteiger partial charge in [-0.2, -0.15) is 5.10 Å². The summed E-state index contributed by atoms with van der Waals surface area (Å²) in [5, 5.41) is 13.5. The molecule has 106 valence electrons. The molecule has 0 spiro atoms. The summed E-state index contributed by atoms with van der Waals surface area (Å²) in [6.45, 7) is 3.30. The van der Waals surface area contributed by atoms with Gasteiger partial charge in [-0.3, -0.25) is 14.6 Å². The number of nitrogens with one attached hydrogen (secondary N) is 2. The highest BCUT2D eigenvalue weighted by atomic mass is 16.5. The van der Waals surface area contributed by atoms with Crippen molar-refractivity contribution in [2.75, 3.05) is 11.9 Å². The Morgan fingerprint density at radius 2 is 2.45 bits per heavy atom. The summed E-state index contributed by atoms with van der Waals surface area (Å²) in [5.74, 6) is 0.913. The molecule has 0 atom stereocenters. The van der Waals surface area contributed by atoms with E-state index < -0.39 is 0 Å². The number of carbonyl (C=O) groups excluding carboxylic acids is 1. The van der Waals surface area contributed by atoms with Crippen molar-refractivity contribution in [2.45, 2.75) is 26.3 Å². The van der Waals surface area contributed by atoms with Gasteiger partial charge in [0, 0.05) is 18.8 Å². The SMILES string of the molecule is CCOc1cc(C(=O)Nc2cnn(CC3CC3)c2)[nH]n1. The molecule has 7 heteroatoms. The number of anilines is 1. The lowest BCUT2D eigenvalue weighted by Gasteiger charge is -1.99. The highest BCUT2D eigenvalue weighted by molar-refractivity contribution is 6.02. The summed E-state index contributed by atoms with van der Waals surface area (Å²) in [7, 11) is 0. The van der Waals surface area contributed by atoms with Crippen LogP contribution in [0.15, 0.2) is 18.5 Å². The Morgan fingerprint density at radius 1 is 1.60 bits per heavy atom. The molecule has 1 fully saturated rings. The van der Waals surface area contributed by atoms with Crippen LogP contribution in [0.25, 0.3) is 0 Å². The first kappa shape index (κ1) is 12.7. The molecule has 2 heterocycles. The highest BCUT2D eigenvalue weighted by Gasteiger charge is 2.22. The molecule has 3 rings (SSSR count). The Hall–Kier alpha value is -2.31. The molecule has 0 bridgehead atoms. The van der Waals surface area contributed by atoms with E-state index >= 15 is 0 Å². The van der Waals surface area contributed by atoms with E-state index in [-0.39, 0.29) is 5.91 Å². The molecular formula is C13H17N5O2. The van der Waals surface area contributed by atoms with Crippen LogP contribution in [0.3, 0.4) is 0 Å². The lowest BCUT2D eigenvalue weighted by atomic mass is 10.4. The molecule has 0 aromatic carbocycles. The number of amides is 1. The normalized spacial score (nSPS) is 14.2. The summed E-state index contributed by atoms with van der Waals surface area (Å²) in [6.07, 6.45) is 6.04. The van der Waals surface area contributed by atoms with Gasteiger partial charge >= 0.3 is 0 Å². The van der Waals surface area contributed by atoms with Crippen LogP contribution < -0.4 is 10.1 Å². The second-order valence-corrected chi connectivity index (χ2v) is 4.90. The summed E-state index contributed by atoms with van der Waals surface area (Å²) >= 11 is 0. The third-order valence-corrected chi connectivity index (χ3v) is 3.12. The fourth-order valence-electron chi connectivity index (χ4n) is 1.93. The Labute approximate surface area is 116 Å². The van der Waals surface area contributed by atoms with Crippen LogP contribution in [0, 0.1) is 5.92 Å². The molecule has 7 nitrogen and oxygen atoms in total. The Balaban J connectivity index is 1.60. The molecule has 1 saturated carbocycles. The van der Waals surface area contributed by atoms with Crippen LogP contribution in [-0.4, -0.2) is 32.5 Å². The van der Waals surface area contributed by atoms with Gasteiger partial charge in [-0.1, -0.05) is 0 Å². The third kappa shape index (κ3) is 2.98. The van der Waals surface area contributed by atoms with Crippen molar-refractivity contribution in [1.29, 1.82) is 0 Å². The number of hydrogen-bond acceptors (Lipinski definition) is 4. The van der Waals surface area contributed by atoms with E-state index in [1.54, 1.807) is 12.3 Å². The van der Waals surface area contributed by atoms with E-state index in [9.17, 15) is 4.79 Å². The zero-order valence-electron chi connectivity index (χ0n) is 11.3. The van der Waals surface area contributed by atoms with Crippen LogP contribution in [0.4, 0.5) is 5.69 Å². The first-order chi connectivity index (χ1) is 9.74. The largest absolute Gasteiger partial charge is 0.477 e. The molecule has 2 N–H and O–H groups in total. The maximum Gasteiger partial charge on any atom is 0.273 e. The van der Waals surface area contributed by atoms with Gasteiger partial charge in [0.15, 0.2) is 0 Å². The van der Waals surface area contributed by atoms with E-state index in [2.05, 4.69) is 20.6 Å². The average molecular weight is 275 g/mol. The Morgan fingerprint density at radius 3 is 3.20 bits per heavy atom. The fourth-order valence-corrected chi connectivity index (χ4v) is 1.93. The molecule has 20 heavy (non-hydrogen) atoms. The Kier molecular flexibility index (Phi) is 3.41. The van der Waals surface area contributed by atoms with Crippen molar-refractivity contribution in [3.63, 3.8) is 0 Å². The first-order valence-corrected chi connectivity index (χ1v) is 6.76. The van der Waals surface area contributed by atoms with E-state index in [0.29, 0.717) is 23.9 Å². The predicted molar refractivity (Wildman–Crippen MR) is 72.7 cm³/mol. The number of ether oxygens (including phenoxy) is 1. The minimum atomic E-state index is -0.255. The standard InChI is InChI=1S/C13H17N5O2/c1-2-20-12-5-11(16-17-12)13(19)15-10-6-14-18(8-10)7-9-3-4-9/h5-6,8-9H,2-4,7H2,1H3,(H,15,19)(H,16,17). The molecule has 1 amide bonds. The van der Waals surface area contributed by atoms with Crippen molar-refractivity contribution >= 4 is 11.6 Å². The van der Waals surface area contributed by atoms with E-state index in [0.717, 1.165) is 12.5 Å². The smallest absolute Gasteiger partial charge is 0.273 e. The zero-order valence-corrected chi connectivity index (χ0v) is 11.3. The monoisotopic (exact) mass is 275 g/mol. The summed E-state index contributed by atoms with van der Waals surface area (Å²) in [5.41, 5.74) is 1.05. The lowest BCUT2D eigenvalue weighted by molar-refractivity contribution is 0.102. The van der Waals surface area contributed by atoms with Crippen molar-refractivity contribution in [1.82, 2.24) is 20.0 Å². The second kappa shape index (κ2) is 5.36.